The fourth-order valence-corrected chi connectivity index (χ4v) is 7.24. The Kier molecular flexibility index (Phi) is 12.7. The molecule has 0 radical (unpaired) electrons. The van der Waals surface area contributed by atoms with Crippen molar-refractivity contribution >= 4 is 47.8 Å². The smallest absolute Gasteiger partial charge is 0.459 e. The van der Waals surface area contributed by atoms with E-state index in [9.17, 15) is 24.2 Å². The largest absolute Gasteiger partial charge is 0.461 e. The molecule has 18 heteroatoms. The molecule has 4 aromatic rings. The van der Waals surface area contributed by atoms with Crippen LogP contribution < -0.4 is 15.3 Å². The third-order valence-corrected chi connectivity index (χ3v) is 10.7. The zero-order valence-corrected chi connectivity index (χ0v) is 33.4. The highest BCUT2D eigenvalue weighted by molar-refractivity contribution is 7.52. The molecule has 1 fully saturated rings. The van der Waals surface area contributed by atoms with Gasteiger partial charge in [0, 0.05) is 12.5 Å². The number of methoxy groups -OCH3 is 1. The van der Waals surface area contributed by atoms with E-state index in [0.717, 1.165) is 5.39 Å². The van der Waals surface area contributed by atoms with Gasteiger partial charge in [0.15, 0.2) is 18.0 Å². The lowest BCUT2D eigenvalue weighted by Gasteiger charge is -2.29. The first-order chi connectivity index (χ1) is 26.4. The molecule has 1 aliphatic rings. The minimum absolute atomic E-state index is 0.0717. The van der Waals surface area contributed by atoms with Gasteiger partial charge >= 0.3 is 25.7 Å². The first kappa shape index (κ1) is 42.0. The molecule has 0 aliphatic carbocycles. The summed E-state index contributed by atoms with van der Waals surface area (Å²) in [4.78, 5) is 43.7. The Morgan fingerprint density at radius 3 is 2.38 bits per heavy atom. The van der Waals surface area contributed by atoms with Crippen LogP contribution in [0.1, 0.15) is 54.2 Å². The molecule has 300 valence electrons. The number of nitriles is 1. The number of nitrogens with one attached hydrogen (secondary N) is 1. The molecular formula is C38H47N6O11P. The Balaban J connectivity index is 1.57. The van der Waals surface area contributed by atoms with Crippen LogP contribution in [0.3, 0.4) is 0 Å². The molecule has 1 saturated heterocycles. The third-order valence-electron chi connectivity index (χ3n) is 9.07. The van der Waals surface area contributed by atoms with Crippen LogP contribution in [0.15, 0.2) is 60.9 Å². The monoisotopic (exact) mass is 794 g/mol. The lowest BCUT2D eigenvalue weighted by molar-refractivity contribution is -0.173. The molecule has 0 bridgehead atoms. The van der Waals surface area contributed by atoms with Gasteiger partial charge in [-0.05, 0) is 44.4 Å². The van der Waals surface area contributed by atoms with E-state index in [0.29, 0.717) is 10.9 Å². The van der Waals surface area contributed by atoms with Gasteiger partial charge in [0.2, 0.25) is 5.60 Å². The molecule has 6 atom stereocenters. The number of hydrogen-bond donors (Lipinski definition) is 2. The Morgan fingerprint density at radius 2 is 1.70 bits per heavy atom. The topological polar surface area (TPSA) is 225 Å². The zero-order chi connectivity index (χ0) is 41.0. The fourth-order valence-electron chi connectivity index (χ4n) is 5.72. The van der Waals surface area contributed by atoms with E-state index in [1.807, 2.05) is 18.2 Å². The Morgan fingerprint density at radius 1 is 1.02 bits per heavy atom. The summed E-state index contributed by atoms with van der Waals surface area (Å²) in [5.74, 6) is -3.30. The van der Waals surface area contributed by atoms with Gasteiger partial charge in [-0.25, -0.2) is 14.1 Å². The summed E-state index contributed by atoms with van der Waals surface area (Å²) in [6.45, 7) is 10.5. The molecule has 1 aliphatic heterocycles. The van der Waals surface area contributed by atoms with Crippen molar-refractivity contribution in [1.29, 1.82) is 5.26 Å². The highest BCUT2D eigenvalue weighted by Gasteiger charge is 2.63. The van der Waals surface area contributed by atoms with Gasteiger partial charge in [-0.1, -0.05) is 64.1 Å². The van der Waals surface area contributed by atoms with Crippen molar-refractivity contribution in [3.8, 4) is 11.8 Å². The van der Waals surface area contributed by atoms with E-state index < -0.39 is 79.7 Å². The number of esters is 3. The van der Waals surface area contributed by atoms with Gasteiger partial charge in [0.1, 0.15) is 42.4 Å². The summed E-state index contributed by atoms with van der Waals surface area (Å²) >= 11 is 0. The number of fused-ring (bicyclic) bond motifs is 2. The average molecular weight is 795 g/mol. The lowest BCUT2D eigenvalue weighted by Crippen LogP contribution is -2.47. The van der Waals surface area contributed by atoms with Crippen molar-refractivity contribution in [2.45, 2.75) is 84.0 Å². The molecule has 3 heterocycles. The molecule has 5 rings (SSSR count). The summed E-state index contributed by atoms with van der Waals surface area (Å²) in [5, 5.41) is 19.2. The summed E-state index contributed by atoms with van der Waals surface area (Å²) in [6, 6.07) is 16.2. The van der Waals surface area contributed by atoms with E-state index in [1.54, 1.807) is 71.9 Å². The standard InChI is InChI=1S/C38H47N6O11P/c1-22(2)34(45)52-31-29(54-38(19-39,32(31)53-35(46)23(3)4)30-17-16-27-33(40)41-21-42-44(27)30)18-51-56(48,43-24(5)36(47)50-20-37(6,7)49-8)55-28-15-11-13-25-12-9-10-14-26(25)28/h9-17,21-24,29,31-32H,18,20H2,1-8H3,(H,43,48)(H2,40,41,42)/t24-,29+,31+,32+,38-,56?/m0/s1. The number of aromatic nitrogens is 3. The van der Waals surface area contributed by atoms with Crippen LogP contribution in [-0.4, -0.2) is 82.8 Å². The maximum Gasteiger partial charge on any atom is 0.459 e. The van der Waals surface area contributed by atoms with E-state index in [2.05, 4.69) is 21.2 Å². The van der Waals surface area contributed by atoms with E-state index >= 15 is 0 Å². The summed E-state index contributed by atoms with van der Waals surface area (Å²) in [6.07, 6.45) is -3.35. The first-order valence-corrected chi connectivity index (χ1v) is 19.5. The maximum atomic E-state index is 14.9. The second-order valence-corrected chi connectivity index (χ2v) is 16.2. The Labute approximate surface area is 324 Å². The summed E-state index contributed by atoms with van der Waals surface area (Å²) < 4.78 is 57.5. The molecule has 2 aromatic heterocycles. The molecule has 2 aromatic carbocycles. The number of carbonyl (C=O) groups excluding carboxylic acids is 3. The lowest BCUT2D eigenvalue weighted by atomic mass is 9.92. The van der Waals surface area contributed by atoms with Crippen molar-refractivity contribution < 1.29 is 51.7 Å². The van der Waals surface area contributed by atoms with E-state index in [1.165, 1.54) is 30.9 Å². The Bertz CT molecular complexity index is 2160. The van der Waals surface area contributed by atoms with Crippen molar-refractivity contribution in [3.63, 3.8) is 0 Å². The first-order valence-electron chi connectivity index (χ1n) is 17.9. The van der Waals surface area contributed by atoms with Gasteiger partial charge < -0.3 is 33.9 Å². The molecule has 17 nitrogen and oxygen atoms in total. The maximum absolute atomic E-state index is 14.9. The number of hydrogen-bond acceptors (Lipinski definition) is 15. The number of ether oxygens (including phenoxy) is 5. The van der Waals surface area contributed by atoms with Crippen molar-refractivity contribution in [1.82, 2.24) is 19.7 Å². The van der Waals surface area contributed by atoms with E-state index in [4.69, 9.17) is 38.5 Å². The zero-order valence-electron chi connectivity index (χ0n) is 32.5. The van der Waals surface area contributed by atoms with Gasteiger partial charge in [-0.2, -0.15) is 15.4 Å². The van der Waals surface area contributed by atoms with E-state index in [-0.39, 0.29) is 23.9 Å². The summed E-state index contributed by atoms with van der Waals surface area (Å²) in [5.41, 5.74) is 3.50. The predicted octanol–water partition coefficient (Wildman–Crippen LogP) is 4.87. The van der Waals surface area contributed by atoms with Crippen LogP contribution in [0.4, 0.5) is 5.82 Å². The minimum atomic E-state index is -4.61. The molecular weight excluding hydrogens is 747 g/mol. The molecule has 1 unspecified atom stereocenters. The van der Waals surface area contributed by atoms with Crippen molar-refractivity contribution in [3.05, 3.63) is 66.6 Å². The van der Waals surface area contributed by atoms with Crippen molar-refractivity contribution in [2.75, 3.05) is 26.1 Å². The van der Waals surface area contributed by atoms with Crippen LogP contribution in [0.2, 0.25) is 0 Å². The van der Waals surface area contributed by atoms with Crippen LogP contribution in [0, 0.1) is 23.2 Å². The quantitative estimate of drug-likeness (QED) is 0.0877. The van der Waals surface area contributed by atoms with Gasteiger partial charge in [-0.15, -0.1) is 0 Å². The number of nitrogen functional groups attached to an aromatic ring is 1. The molecule has 0 amide bonds. The number of rotatable bonds is 16. The molecule has 56 heavy (non-hydrogen) atoms. The fraction of sp³-hybridized carbons (Fsp3) is 0.474. The van der Waals surface area contributed by atoms with Crippen LogP contribution in [-0.2, 0) is 52.8 Å². The van der Waals surface area contributed by atoms with Gasteiger partial charge in [0.25, 0.3) is 0 Å². The molecule has 3 N–H and O–H groups in total. The predicted molar refractivity (Wildman–Crippen MR) is 202 cm³/mol. The highest BCUT2D eigenvalue weighted by Crippen LogP contribution is 2.49. The summed E-state index contributed by atoms with van der Waals surface area (Å²) in [7, 11) is -3.14. The number of carbonyl (C=O) groups is 3. The molecule has 0 saturated carbocycles. The average Bonchev–Trinajstić information content (AvgIpc) is 3.73. The highest BCUT2D eigenvalue weighted by atomic mass is 31.2. The number of benzene rings is 2. The second kappa shape index (κ2) is 16.9. The second-order valence-electron chi connectivity index (χ2n) is 14.5. The normalized spacial score (nSPS) is 21.4. The number of anilines is 1. The SMILES string of the molecule is COC(C)(C)COC(=O)[C@H](C)NP(=O)(OC[C@H]1O[C@@](C#N)(c2ccc3c(N)ncnn23)[C@H](OC(=O)C(C)C)[C@@H]1OC(=O)C(C)C)Oc1cccc2ccccc12. The number of nitrogens with zero attached hydrogens (tertiary/aromatic N) is 4. The van der Waals surface area contributed by atoms with Crippen molar-refractivity contribution in [2.24, 2.45) is 11.8 Å². The van der Waals surface area contributed by atoms with Gasteiger partial charge in [-0.3, -0.25) is 18.9 Å². The van der Waals surface area contributed by atoms with Crippen LogP contribution in [0.25, 0.3) is 16.3 Å². The minimum Gasteiger partial charge on any atom is -0.461 e. The Hall–Kier alpha value is -5.11. The van der Waals surface area contributed by atoms with Crippen LogP contribution in [0.5, 0.6) is 5.75 Å². The van der Waals surface area contributed by atoms with Crippen LogP contribution >= 0.6 is 7.75 Å². The third kappa shape index (κ3) is 8.96. The van der Waals surface area contributed by atoms with Gasteiger partial charge in [0.05, 0.1) is 29.7 Å². The molecule has 0 spiro atoms. The number of nitrogens with two attached hydrogens (primary N) is 1.